The van der Waals surface area contributed by atoms with E-state index in [4.69, 9.17) is 4.74 Å². The van der Waals surface area contributed by atoms with Crippen LogP contribution in [0.3, 0.4) is 0 Å². The van der Waals surface area contributed by atoms with Crippen LogP contribution in [0, 0.1) is 5.92 Å². The second kappa shape index (κ2) is 11.7. The predicted octanol–water partition coefficient (Wildman–Crippen LogP) is 2.85. The molecule has 0 atom stereocenters. The molecule has 0 aromatic rings. The van der Waals surface area contributed by atoms with E-state index in [0.29, 0.717) is 0 Å². The Hall–Kier alpha value is 0.650. The lowest BCUT2D eigenvalue weighted by atomic mass is 10.1. The SMILES string of the molecule is CC(C)CCOCCNCCCCI. The van der Waals surface area contributed by atoms with E-state index in [2.05, 4.69) is 41.8 Å². The molecule has 0 rings (SSSR count). The Kier molecular flexibility index (Phi) is 12.3. The minimum absolute atomic E-state index is 0.756. The molecule has 86 valence electrons. The van der Waals surface area contributed by atoms with Crippen molar-refractivity contribution in [2.75, 3.05) is 30.7 Å². The van der Waals surface area contributed by atoms with E-state index >= 15 is 0 Å². The molecule has 0 spiro atoms. The van der Waals surface area contributed by atoms with Crippen LogP contribution in [0.4, 0.5) is 0 Å². The molecule has 0 aromatic heterocycles. The van der Waals surface area contributed by atoms with E-state index < -0.39 is 0 Å². The standard InChI is InChI=1S/C11H24INO/c1-11(2)5-9-14-10-8-13-7-4-3-6-12/h11,13H,3-10H2,1-2H3. The molecule has 0 radical (unpaired) electrons. The summed E-state index contributed by atoms with van der Waals surface area (Å²) in [4.78, 5) is 0. The van der Waals surface area contributed by atoms with Gasteiger partial charge in [0.05, 0.1) is 6.61 Å². The number of ether oxygens (including phenoxy) is 1. The summed E-state index contributed by atoms with van der Waals surface area (Å²) in [6, 6.07) is 0. The van der Waals surface area contributed by atoms with Crippen molar-refractivity contribution in [3.05, 3.63) is 0 Å². The zero-order valence-electron chi connectivity index (χ0n) is 9.52. The third-order valence-corrected chi connectivity index (χ3v) is 2.76. The van der Waals surface area contributed by atoms with Crippen LogP contribution in [-0.2, 0) is 4.74 Å². The fourth-order valence-corrected chi connectivity index (χ4v) is 1.57. The minimum atomic E-state index is 0.756. The fraction of sp³-hybridized carbons (Fsp3) is 1.00. The maximum Gasteiger partial charge on any atom is 0.0590 e. The van der Waals surface area contributed by atoms with E-state index in [1.807, 2.05) is 0 Å². The molecule has 0 aliphatic rings. The summed E-state index contributed by atoms with van der Waals surface area (Å²) in [5, 5.41) is 3.38. The quantitative estimate of drug-likeness (QED) is 0.380. The number of rotatable bonds is 10. The first-order valence-electron chi connectivity index (χ1n) is 5.61. The van der Waals surface area contributed by atoms with Gasteiger partial charge >= 0.3 is 0 Å². The number of hydrogen-bond donors (Lipinski definition) is 1. The van der Waals surface area contributed by atoms with Gasteiger partial charge < -0.3 is 10.1 Å². The molecular weight excluding hydrogens is 289 g/mol. The molecule has 1 N–H and O–H groups in total. The van der Waals surface area contributed by atoms with Gasteiger partial charge in [0, 0.05) is 13.2 Å². The molecule has 3 heteroatoms. The highest BCUT2D eigenvalue weighted by atomic mass is 127. The van der Waals surface area contributed by atoms with Gasteiger partial charge in [-0.25, -0.2) is 0 Å². The lowest BCUT2D eigenvalue weighted by molar-refractivity contribution is 0.125. The summed E-state index contributed by atoms with van der Waals surface area (Å²) in [5.41, 5.74) is 0. The summed E-state index contributed by atoms with van der Waals surface area (Å²) in [6.45, 7) is 8.36. The van der Waals surface area contributed by atoms with Crippen molar-refractivity contribution in [3.63, 3.8) is 0 Å². The summed E-state index contributed by atoms with van der Waals surface area (Å²) < 4.78 is 6.76. The molecule has 0 saturated carbocycles. The molecule has 0 fully saturated rings. The second-order valence-electron chi connectivity index (χ2n) is 3.94. The van der Waals surface area contributed by atoms with Crippen molar-refractivity contribution in [1.82, 2.24) is 5.32 Å². The molecule has 0 heterocycles. The maximum absolute atomic E-state index is 5.49. The van der Waals surface area contributed by atoms with Crippen molar-refractivity contribution in [2.24, 2.45) is 5.92 Å². The van der Waals surface area contributed by atoms with Crippen LogP contribution in [0.15, 0.2) is 0 Å². The van der Waals surface area contributed by atoms with Crippen LogP contribution in [0.5, 0.6) is 0 Å². The number of hydrogen-bond acceptors (Lipinski definition) is 2. The Morgan fingerprint density at radius 1 is 1.14 bits per heavy atom. The van der Waals surface area contributed by atoms with Gasteiger partial charge in [0.25, 0.3) is 0 Å². The minimum Gasteiger partial charge on any atom is -0.380 e. The fourth-order valence-electron chi connectivity index (χ4n) is 1.03. The van der Waals surface area contributed by atoms with Crippen LogP contribution < -0.4 is 5.32 Å². The summed E-state index contributed by atoms with van der Waals surface area (Å²) >= 11 is 2.42. The monoisotopic (exact) mass is 313 g/mol. The summed E-state index contributed by atoms with van der Waals surface area (Å²) in [6.07, 6.45) is 3.78. The molecule has 0 aromatic carbocycles. The van der Waals surface area contributed by atoms with Crippen LogP contribution in [0.25, 0.3) is 0 Å². The van der Waals surface area contributed by atoms with E-state index in [0.717, 1.165) is 32.2 Å². The second-order valence-corrected chi connectivity index (χ2v) is 5.02. The van der Waals surface area contributed by atoms with Crippen molar-refractivity contribution in [3.8, 4) is 0 Å². The number of halogens is 1. The molecule has 0 aliphatic heterocycles. The highest BCUT2D eigenvalue weighted by Gasteiger charge is 1.93. The van der Waals surface area contributed by atoms with Crippen molar-refractivity contribution >= 4 is 22.6 Å². The molecule has 0 aliphatic carbocycles. The first kappa shape index (κ1) is 14.6. The maximum atomic E-state index is 5.49. The number of unbranched alkanes of at least 4 members (excludes halogenated alkanes) is 1. The first-order valence-corrected chi connectivity index (χ1v) is 7.14. The van der Waals surface area contributed by atoms with Gasteiger partial charge in [0.1, 0.15) is 0 Å². The zero-order chi connectivity index (χ0) is 10.6. The van der Waals surface area contributed by atoms with Gasteiger partial charge in [-0.3, -0.25) is 0 Å². The Balaban J connectivity index is 2.85. The largest absolute Gasteiger partial charge is 0.380 e. The van der Waals surface area contributed by atoms with Crippen LogP contribution in [0.1, 0.15) is 33.1 Å². The molecule has 0 amide bonds. The van der Waals surface area contributed by atoms with Gasteiger partial charge in [0.15, 0.2) is 0 Å². The van der Waals surface area contributed by atoms with Gasteiger partial charge in [0.2, 0.25) is 0 Å². The Labute approximate surface area is 102 Å². The lowest BCUT2D eigenvalue weighted by Crippen LogP contribution is -2.21. The molecular formula is C11H24INO. The molecule has 14 heavy (non-hydrogen) atoms. The van der Waals surface area contributed by atoms with Gasteiger partial charge in [-0.15, -0.1) is 0 Å². The average Bonchev–Trinajstić information content (AvgIpc) is 2.15. The van der Waals surface area contributed by atoms with E-state index in [9.17, 15) is 0 Å². The predicted molar refractivity (Wildman–Crippen MR) is 71.3 cm³/mol. The van der Waals surface area contributed by atoms with Gasteiger partial charge in [-0.2, -0.15) is 0 Å². The lowest BCUT2D eigenvalue weighted by Gasteiger charge is -2.07. The zero-order valence-corrected chi connectivity index (χ0v) is 11.7. The van der Waals surface area contributed by atoms with E-state index in [-0.39, 0.29) is 0 Å². The van der Waals surface area contributed by atoms with Gasteiger partial charge in [-0.05, 0) is 36.2 Å². The van der Waals surface area contributed by atoms with Crippen LogP contribution >= 0.6 is 22.6 Å². The topological polar surface area (TPSA) is 21.3 Å². The third kappa shape index (κ3) is 12.7. The number of nitrogens with one attached hydrogen (secondary N) is 1. The van der Waals surface area contributed by atoms with Crippen molar-refractivity contribution < 1.29 is 4.74 Å². The van der Waals surface area contributed by atoms with E-state index in [1.165, 1.54) is 23.7 Å². The summed E-state index contributed by atoms with van der Waals surface area (Å²) in [5.74, 6) is 0.756. The third-order valence-electron chi connectivity index (χ3n) is 2.00. The van der Waals surface area contributed by atoms with E-state index in [1.54, 1.807) is 0 Å². The van der Waals surface area contributed by atoms with Crippen LogP contribution in [-0.4, -0.2) is 30.7 Å². The highest BCUT2D eigenvalue weighted by molar-refractivity contribution is 14.1. The normalized spacial score (nSPS) is 11.1. The van der Waals surface area contributed by atoms with Crippen LogP contribution in [0.2, 0.25) is 0 Å². The van der Waals surface area contributed by atoms with Gasteiger partial charge in [-0.1, -0.05) is 36.4 Å². The Morgan fingerprint density at radius 2 is 1.93 bits per heavy atom. The highest BCUT2D eigenvalue weighted by Crippen LogP contribution is 1.98. The molecule has 2 nitrogen and oxygen atoms in total. The molecule has 0 unspecified atom stereocenters. The first-order chi connectivity index (χ1) is 6.77. The molecule has 0 bridgehead atoms. The van der Waals surface area contributed by atoms with Crippen molar-refractivity contribution in [1.29, 1.82) is 0 Å². The smallest absolute Gasteiger partial charge is 0.0590 e. The molecule has 0 saturated heterocycles. The number of alkyl halides is 1. The van der Waals surface area contributed by atoms with Crippen molar-refractivity contribution in [2.45, 2.75) is 33.1 Å². The average molecular weight is 313 g/mol. The Morgan fingerprint density at radius 3 is 2.57 bits per heavy atom. The Bertz CT molecular complexity index is 109. The summed E-state index contributed by atoms with van der Waals surface area (Å²) in [7, 11) is 0.